The van der Waals surface area contributed by atoms with E-state index >= 15 is 0 Å². The molecule has 1 aliphatic rings. The minimum absolute atomic E-state index is 0.0240. The lowest BCUT2D eigenvalue weighted by Gasteiger charge is -2.33. The van der Waals surface area contributed by atoms with Crippen molar-refractivity contribution in [3.05, 3.63) is 28.8 Å². The lowest BCUT2D eigenvalue weighted by atomic mass is 10.1. The van der Waals surface area contributed by atoms with Gasteiger partial charge < -0.3 is 15.5 Å². The van der Waals surface area contributed by atoms with E-state index in [0.717, 1.165) is 5.56 Å². The predicted octanol–water partition coefficient (Wildman–Crippen LogP) is 1.11. The Kier molecular flexibility index (Phi) is 3.95. The number of carbonyl (C=O) groups excluding carboxylic acids is 2. The monoisotopic (exact) mass is 281 g/mol. The molecule has 5 nitrogen and oxygen atoms in total. The fourth-order valence-corrected chi connectivity index (χ4v) is 2.16. The maximum absolute atomic E-state index is 11.9. The van der Waals surface area contributed by atoms with Crippen molar-refractivity contribution < 1.29 is 9.59 Å². The van der Waals surface area contributed by atoms with Crippen LogP contribution in [0.25, 0.3) is 0 Å². The van der Waals surface area contributed by atoms with E-state index in [0.29, 0.717) is 23.8 Å². The van der Waals surface area contributed by atoms with Gasteiger partial charge in [0.25, 0.3) is 0 Å². The van der Waals surface area contributed by atoms with Crippen LogP contribution in [-0.4, -0.2) is 41.2 Å². The smallest absolute Gasteiger partial charge is 0.242 e. The van der Waals surface area contributed by atoms with Crippen molar-refractivity contribution in [3.63, 3.8) is 0 Å². The predicted molar refractivity (Wildman–Crippen MR) is 73.5 cm³/mol. The maximum Gasteiger partial charge on any atom is 0.242 e. The Balaban J connectivity index is 2.08. The van der Waals surface area contributed by atoms with Crippen molar-refractivity contribution in [3.8, 4) is 0 Å². The first-order chi connectivity index (χ1) is 9.01. The zero-order chi connectivity index (χ0) is 14.0. The second-order valence-electron chi connectivity index (χ2n) is 4.51. The number of nitrogen functional groups attached to an aromatic ring is 1. The molecule has 1 heterocycles. The van der Waals surface area contributed by atoms with Crippen molar-refractivity contribution in [1.82, 2.24) is 9.80 Å². The standard InChI is InChI=1S/C13H16ClN3O2/c1-2-16-7-13(19)17(8-12(16)18)6-9-3-4-10(14)11(15)5-9/h3-5H,2,6-8,15H2,1H3. The molecule has 1 aromatic carbocycles. The van der Waals surface area contributed by atoms with Gasteiger partial charge in [0.05, 0.1) is 17.3 Å². The summed E-state index contributed by atoms with van der Waals surface area (Å²) in [7, 11) is 0. The summed E-state index contributed by atoms with van der Waals surface area (Å²) in [6.45, 7) is 3.07. The molecular weight excluding hydrogens is 266 g/mol. The quantitative estimate of drug-likeness (QED) is 0.844. The summed E-state index contributed by atoms with van der Waals surface area (Å²) in [5.41, 5.74) is 7.07. The molecule has 1 aliphatic heterocycles. The number of benzene rings is 1. The van der Waals surface area contributed by atoms with Gasteiger partial charge in [0.15, 0.2) is 0 Å². The van der Waals surface area contributed by atoms with Crippen molar-refractivity contribution in [1.29, 1.82) is 0 Å². The number of nitrogens with zero attached hydrogens (tertiary/aromatic N) is 2. The van der Waals surface area contributed by atoms with Gasteiger partial charge in [-0.05, 0) is 24.6 Å². The highest BCUT2D eigenvalue weighted by molar-refractivity contribution is 6.33. The van der Waals surface area contributed by atoms with Gasteiger partial charge in [0.2, 0.25) is 11.8 Å². The van der Waals surface area contributed by atoms with Crippen LogP contribution in [-0.2, 0) is 16.1 Å². The Labute approximate surface area is 116 Å². The third-order valence-corrected chi connectivity index (χ3v) is 3.52. The van der Waals surface area contributed by atoms with Crippen LogP contribution in [0.1, 0.15) is 12.5 Å². The summed E-state index contributed by atoms with van der Waals surface area (Å²) in [6.07, 6.45) is 0. The Morgan fingerprint density at radius 3 is 2.47 bits per heavy atom. The van der Waals surface area contributed by atoms with Crippen LogP contribution in [0.5, 0.6) is 0 Å². The second-order valence-corrected chi connectivity index (χ2v) is 4.92. The molecule has 0 atom stereocenters. The van der Waals surface area contributed by atoms with Gasteiger partial charge in [-0.15, -0.1) is 0 Å². The summed E-state index contributed by atoms with van der Waals surface area (Å²) in [6, 6.07) is 5.23. The first kappa shape index (κ1) is 13.7. The number of nitrogens with two attached hydrogens (primary N) is 1. The summed E-state index contributed by atoms with van der Waals surface area (Å²) in [4.78, 5) is 26.8. The van der Waals surface area contributed by atoms with E-state index in [2.05, 4.69) is 0 Å². The lowest BCUT2D eigenvalue weighted by molar-refractivity contribution is -0.150. The molecule has 1 fully saturated rings. The van der Waals surface area contributed by atoms with Gasteiger partial charge in [-0.25, -0.2) is 0 Å². The molecule has 19 heavy (non-hydrogen) atoms. The molecule has 1 saturated heterocycles. The Hall–Kier alpha value is -1.75. The molecule has 0 saturated carbocycles. The van der Waals surface area contributed by atoms with Gasteiger partial charge in [0, 0.05) is 13.1 Å². The van der Waals surface area contributed by atoms with Gasteiger partial charge in [-0.2, -0.15) is 0 Å². The molecule has 2 N–H and O–H groups in total. The third-order valence-electron chi connectivity index (χ3n) is 3.17. The fourth-order valence-electron chi connectivity index (χ4n) is 2.05. The molecule has 102 valence electrons. The van der Waals surface area contributed by atoms with E-state index in [1.165, 1.54) is 4.90 Å². The fraction of sp³-hybridized carbons (Fsp3) is 0.385. The molecule has 2 rings (SSSR count). The summed E-state index contributed by atoms with van der Waals surface area (Å²) in [5.74, 6) is -0.0704. The van der Waals surface area contributed by atoms with E-state index in [4.69, 9.17) is 17.3 Å². The van der Waals surface area contributed by atoms with Gasteiger partial charge in [-0.3, -0.25) is 9.59 Å². The topological polar surface area (TPSA) is 66.6 Å². The zero-order valence-corrected chi connectivity index (χ0v) is 11.5. The average molecular weight is 282 g/mol. The highest BCUT2D eigenvalue weighted by Gasteiger charge is 2.28. The van der Waals surface area contributed by atoms with Gasteiger partial charge in [-0.1, -0.05) is 17.7 Å². The highest BCUT2D eigenvalue weighted by atomic mass is 35.5. The van der Waals surface area contributed by atoms with E-state index < -0.39 is 0 Å². The number of rotatable bonds is 3. The molecule has 0 unspecified atom stereocenters. The minimum Gasteiger partial charge on any atom is -0.398 e. The molecule has 0 radical (unpaired) electrons. The van der Waals surface area contributed by atoms with Crippen molar-refractivity contribution in [2.75, 3.05) is 25.4 Å². The number of amides is 2. The molecule has 2 amide bonds. The zero-order valence-electron chi connectivity index (χ0n) is 10.7. The minimum atomic E-state index is -0.0463. The van der Waals surface area contributed by atoms with Crippen LogP contribution in [0.15, 0.2) is 18.2 Å². The molecule has 0 spiro atoms. The first-order valence-electron chi connectivity index (χ1n) is 6.10. The lowest BCUT2D eigenvalue weighted by Crippen LogP contribution is -2.53. The maximum atomic E-state index is 11.9. The normalized spacial score (nSPS) is 16.1. The highest BCUT2D eigenvalue weighted by Crippen LogP contribution is 2.21. The largest absolute Gasteiger partial charge is 0.398 e. The summed E-state index contributed by atoms with van der Waals surface area (Å²) in [5, 5.41) is 0.488. The number of hydrogen-bond donors (Lipinski definition) is 1. The van der Waals surface area contributed by atoms with E-state index in [-0.39, 0.29) is 24.9 Å². The Morgan fingerprint density at radius 1 is 1.21 bits per heavy atom. The molecule has 0 bridgehead atoms. The van der Waals surface area contributed by atoms with Gasteiger partial charge in [0.1, 0.15) is 6.54 Å². The second kappa shape index (κ2) is 5.48. The molecule has 1 aromatic rings. The Morgan fingerprint density at radius 2 is 1.84 bits per heavy atom. The number of carbonyl (C=O) groups is 2. The third kappa shape index (κ3) is 2.98. The van der Waals surface area contributed by atoms with Crippen LogP contribution >= 0.6 is 11.6 Å². The van der Waals surface area contributed by atoms with Crippen LogP contribution in [0.2, 0.25) is 5.02 Å². The van der Waals surface area contributed by atoms with Crippen LogP contribution in [0.4, 0.5) is 5.69 Å². The van der Waals surface area contributed by atoms with Gasteiger partial charge >= 0.3 is 0 Å². The van der Waals surface area contributed by atoms with E-state index in [1.807, 2.05) is 13.0 Å². The number of anilines is 1. The summed E-state index contributed by atoms with van der Waals surface area (Å²) < 4.78 is 0. The van der Waals surface area contributed by atoms with Crippen LogP contribution in [0.3, 0.4) is 0 Å². The molecule has 6 heteroatoms. The van der Waals surface area contributed by atoms with E-state index in [9.17, 15) is 9.59 Å². The Bertz CT molecular complexity index is 519. The van der Waals surface area contributed by atoms with Crippen molar-refractivity contribution >= 4 is 29.1 Å². The SMILES string of the molecule is CCN1CC(=O)N(Cc2ccc(Cl)c(N)c2)CC1=O. The summed E-state index contributed by atoms with van der Waals surface area (Å²) >= 11 is 5.85. The molecule has 0 aromatic heterocycles. The van der Waals surface area contributed by atoms with Crippen molar-refractivity contribution in [2.45, 2.75) is 13.5 Å². The molecule has 0 aliphatic carbocycles. The number of hydrogen-bond acceptors (Lipinski definition) is 3. The number of halogens is 1. The number of likely N-dealkylation sites (N-methyl/N-ethyl adjacent to an activating group) is 1. The van der Waals surface area contributed by atoms with Crippen LogP contribution in [0, 0.1) is 0 Å². The number of piperazine rings is 1. The first-order valence-corrected chi connectivity index (χ1v) is 6.48. The average Bonchev–Trinajstić information content (AvgIpc) is 2.38. The van der Waals surface area contributed by atoms with E-state index in [1.54, 1.807) is 17.0 Å². The van der Waals surface area contributed by atoms with Crippen LogP contribution < -0.4 is 5.73 Å². The van der Waals surface area contributed by atoms with Crippen molar-refractivity contribution in [2.24, 2.45) is 0 Å². The molecular formula is C13H16ClN3O2.